The molecular weight excluding hydrogens is 386 g/mol. The van der Waals surface area contributed by atoms with E-state index >= 15 is 0 Å². The summed E-state index contributed by atoms with van der Waals surface area (Å²) in [5, 5.41) is 2.15. The Kier molecular flexibility index (Phi) is 4.94. The topological polar surface area (TPSA) is 82.5 Å². The minimum atomic E-state index is -0.495. The third-order valence-electron chi connectivity index (χ3n) is 4.81. The Morgan fingerprint density at radius 1 is 1.14 bits per heavy atom. The molecule has 0 spiro atoms. The Bertz CT molecular complexity index is 1290. The largest absolute Gasteiger partial charge is 0.463 e. The van der Waals surface area contributed by atoms with Crippen molar-refractivity contribution in [3.8, 4) is 0 Å². The van der Waals surface area contributed by atoms with Gasteiger partial charge in [-0.1, -0.05) is 55.1 Å². The van der Waals surface area contributed by atoms with Gasteiger partial charge in [-0.2, -0.15) is 0 Å². The fourth-order valence-corrected chi connectivity index (χ4v) is 4.79. The van der Waals surface area contributed by atoms with Crippen molar-refractivity contribution in [2.75, 3.05) is 12.3 Å². The maximum absolute atomic E-state index is 12.6. The van der Waals surface area contributed by atoms with Crippen molar-refractivity contribution in [2.24, 2.45) is 0 Å². The van der Waals surface area contributed by atoms with Crippen LogP contribution in [0.2, 0.25) is 0 Å². The SMILES string of the molecule is C=C(C(=O)OCC)[C@H](c1ccccc1)c1sc(N)c2c(=O)oc3ccccc3c12. The number of carbonyl (C=O) groups excluding carboxylic acids is 1. The van der Waals surface area contributed by atoms with Crippen molar-refractivity contribution in [3.05, 3.63) is 87.6 Å². The van der Waals surface area contributed by atoms with Gasteiger partial charge in [-0.05, 0) is 18.6 Å². The molecule has 0 radical (unpaired) electrons. The molecule has 0 bridgehead atoms. The highest BCUT2D eigenvalue weighted by Crippen LogP contribution is 2.45. The number of ether oxygens (including phenoxy) is 1. The second-order valence-corrected chi connectivity index (χ2v) is 7.64. The molecule has 6 heteroatoms. The molecule has 2 heterocycles. The van der Waals surface area contributed by atoms with Crippen LogP contribution in [0.5, 0.6) is 0 Å². The number of rotatable bonds is 5. The van der Waals surface area contributed by atoms with Crippen LogP contribution in [0.3, 0.4) is 0 Å². The summed E-state index contributed by atoms with van der Waals surface area (Å²) in [6.45, 7) is 6.03. The first-order valence-corrected chi connectivity index (χ1v) is 9.99. The van der Waals surface area contributed by atoms with Crippen LogP contribution >= 0.6 is 11.3 Å². The average molecular weight is 405 g/mol. The van der Waals surface area contributed by atoms with Gasteiger partial charge in [0.15, 0.2) is 0 Å². The van der Waals surface area contributed by atoms with E-state index in [-0.39, 0.29) is 6.61 Å². The van der Waals surface area contributed by atoms with Gasteiger partial charge in [-0.25, -0.2) is 9.59 Å². The predicted octanol–water partition coefficient (Wildman–Crippen LogP) is 4.84. The van der Waals surface area contributed by atoms with Gasteiger partial charge >= 0.3 is 11.6 Å². The third-order valence-corrected chi connectivity index (χ3v) is 5.89. The first kappa shape index (κ1) is 19.0. The highest BCUT2D eigenvalue weighted by Gasteiger charge is 2.29. The van der Waals surface area contributed by atoms with Crippen LogP contribution in [0.25, 0.3) is 21.7 Å². The molecule has 0 amide bonds. The first-order valence-electron chi connectivity index (χ1n) is 9.17. The van der Waals surface area contributed by atoms with Crippen molar-refractivity contribution in [1.29, 1.82) is 0 Å². The van der Waals surface area contributed by atoms with E-state index in [2.05, 4.69) is 6.58 Å². The minimum absolute atomic E-state index is 0.249. The molecule has 0 unspecified atom stereocenters. The monoisotopic (exact) mass is 405 g/mol. The maximum Gasteiger partial charge on any atom is 0.347 e. The fourth-order valence-electron chi connectivity index (χ4n) is 3.55. The van der Waals surface area contributed by atoms with E-state index in [0.29, 0.717) is 26.9 Å². The Morgan fingerprint density at radius 3 is 2.55 bits per heavy atom. The second-order valence-electron chi connectivity index (χ2n) is 6.56. The van der Waals surface area contributed by atoms with Gasteiger partial charge < -0.3 is 14.9 Å². The summed E-state index contributed by atoms with van der Waals surface area (Å²) in [5.74, 6) is -0.973. The van der Waals surface area contributed by atoms with Crippen LogP contribution < -0.4 is 11.4 Å². The van der Waals surface area contributed by atoms with E-state index in [9.17, 15) is 9.59 Å². The lowest BCUT2D eigenvalue weighted by molar-refractivity contribution is -0.138. The highest BCUT2D eigenvalue weighted by molar-refractivity contribution is 7.18. The molecule has 2 aromatic carbocycles. The lowest BCUT2D eigenvalue weighted by Crippen LogP contribution is -2.14. The smallest absolute Gasteiger partial charge is 0.347 e. The number of fused-ring (bicyclic) bond motifs is 3. The molecule has 0 aliphatic rings. The van der Waals surface area contributed by atoms with Crippen molar-refractivity contribution < 1.29 is 13.9 Å². The van der Waals surface area contributed by atoms with Gasteiger partial charge in [0.05, 0.1) is 12.5 Å². The molecule has 5 nitrogen and oxygen atoms in total. The molecule has 0 saturated heterocycles. The van der Waals surface area contributed by atoms with Crippen LogP contribution in [-0.2, 0) is 9.53 Å². The normalized spacial score (nSPS) is 12.2. The van der Waals surface area contributed by atoms with Crippen molar-refractivity contribution >= 4 is 44.0 Å². The summed E-state index contributed by atoms with van der Waals surface area (Å²) in [5.41, 5.74) is 7.37. The molecule has 0 fully saturated rings. The van der Waals surface area contributed by atoms with Crippen LogP contribution in [0.1, 0.15) is 23.3 Å². The zero-order valence-electron chi connectivity index (χ0n) is 15.8. The Labute approximate surface area is 171 Å². The highest BCUT2D eigenvalue weighted by atomic mass is 32.1. The van der Waals surface area contributed by atoms with Gasteiger partial charge in [0.1, 0.15) is 16.0 Å². The molecule has 2 N–H and O–H groups in total. The Balaban J connectivity index is 2.07. The summed E-state index contributed by atoms with van der Waals surface area (Å²) in [6.07, 6.45) is 0. The molecule has 2 aromatic heterocycles. The Morgan fingerprint density at radius 2 is 1.83 bits per heavy atom. The fraction of sp³-hybridized carbons (Fsp3) is 0.130. The van der Waals surface area contributed by atoms with Gasteiger partial charge in [0, 0.05) is 21.2 Å². The number of anilines is 1. The minimum Gasteiger partial charge on any atom is -0.463 e. The van der Waals surface area contributed by atoms with Gasteiger partial charge in [0.2, 0.25) is 0 Å². The zero-order valence-corrected chi connectivity index (χ0v) is 16.6. The van der Waals surface area contributed by atoms with Crippen LogP contribution in [-0.4, -0.2) is 12.6 Å². The van der Waals surface area contributed by atoms with Crippen LogP contribution in [0, 0.1) is 0 Å². The summed E-state index contributed by atoms with van der Waals surface area (Å²) < 4.78 is 10.7. The molecule has 4 aromatic rings. The van der Waals surface area contributed by atoms with Crippen LogP contribution in [0.4, 0.5) is 5.00 Å². The first-order chi connectivity index (χ1) is 14.0. The number of benzene rings is 2. The summed E-state index contributed by atoms with van der Waals surface area (Å²) in [7, 11) is 0. The number of para-hydroxylation sites is 1. The van der Waals surface area contributed by atoms with E-state index in [0.717, 1.165) is 15.8 Å². The summed E-state index contributed by atoms with van der Waals surface area (Å²) in [4.78, 5) is 26.0. The number of esters is 1. The lowest BCUT2D eigenvalue weighted by atomic mass is 9.88. The molecule has 29 heavy (non-hydrogen) atoms. The summed E-state index contributed by atoms with van der Waals surface area (Å²) in [6, 6.07) is 16.8. The quantitative estimate of drug-likeness (QED) is 0.292. The van der Waals surface area contributed by atoms with E-state index in [4.69, 9.17) is 14.9 Å². The van der Waals surface area contributed by atoms with Crippen LogP contribution in [0.15, 0.2) is 76.0 Å². The molecule has 0 saturated carbocycles. The predicted molar refractivity (Wildman–Crippen MR) is 116 cm³/mol. The van der Waals surface area contributed by atoms with E-state index in [1.54, 1.807) is 19.1 Å². The van der Waals surface area contributed by atoms with E-state index < -0.39 is 17.5 Å². The second kappa shape index (κ2) is 7.56. The molecule has 1 atom stereocenters. The summed E-state index contributed by atoms with van der Waals surface area (Å²) >= 11 is 1.27. The third kappa shape index (κ3) is 3.21. The molecule has 4 rings (SSSR count). The molecular formula is C23H19NO4S. The average Bonchev–Trinajstić information content (AvgIpc) is 3.07. The number of hydrogen-bond donors (Lipinski definition) is 1. The van der Waals surface area contributed by atoms with E-state index in [1.165, 1.54) is 11.3 Å². The number of nitrogen functional groups attached to an aromatic ring is 1. The number of hydrogen-bond acceptors (Lipinski definition) is 6. The van der Waals surface area contributed by atoms with Crippen molar-refractivity contribution in [3.63, 3.8) is 0 Å². The molecule has 146 valence electrons. The maximum atomic E-state index is 12.6. The van der Waals surface area contributed by atoms with Crippen molar-refractivity contribution in [1.82, 2.24) is 0 Å². The number of nitrogens with two attached hydrogens (primary N) is 1. The standard InChI is InChI=1S/C23H19NO4S/c1-3-27-22(25)13(2)17(14-9-5-4-6-10-14)20-18-15-11-7-8-12-16(15)28-23(26)19(18)21(24)29-20/h4-12,17H,2-3,24H2,1H3/t17-/m1/s1. The van der Waals surface area contributed by atoms with Gasteiger partial charge in [-0.3, -0.25) is 0 Å². The Hall–Kier alpha value is -3.38. The number of carbonyl (C=O) groups is 1. The molecule has 0 aliphatic carbocycles. The number of thiophene rings is 1. The van der Waals surface area contributed by atoms with Crippen molar-refractivity contribution in [2.45, 2.75) is 12.8 Å². The van der Waals surface area contributed by atoms with E-state index in [1.807, 2.05) is 42.5 Å². The van der Waals surface area contributed by atoms with Gasteiger partial charge in [-0.15, -0.1) is 11.3 Å². The molecule has 0 aliphatic heterocycles. The lowest BCUT2D eigenvalue weighted by Gasteiger charge is -2.19. The zero-order chi connectivity index (χ0) is 20.5. The van der Waals surface area contributed by atoms with Gasteiger partial charge in [0.25, 0.3) is 0 Å².